The van der Waals surface area contributed by atoms with Crippen LogP contribution < -0.4 is 10.6 Å². The summed E-state index contributed by atoms with van der Waals surface area (Å²) in [6.45, 7) is 6.24. The van der Waals surface area contributed by atoms with Crippen molar-refractivity contribution in [3.05, 3.63) is 29.3 Å². The molecule has 1 aliphatic heterocycles. The van der Waals surface area contributed by atoms with Crippen molar-refractivity contribution in [3.8, 4) is 0 Å². The van der Waals surface area contributed by atoms with Crippen LogP contribution in [0.25, 0.3) is 10.2 Å². The third-order valence-corrected chi connectivity index (χ3v) is 5.94. The molecule has 2 amide bonds. The average molecular weight is 375 g/mol. The summed E-state index contributed by atoms with van der Waals surface area (Å²) >= 11 is 1.78. The Kier molecular flexibility index (Phi) is 6.21. The molecule has 26 heavy (non-hydrogen) atoms. The van der Waals surface area contributed by atoms with Crippen LogP contribution in [-0.4, -0.2) is 53.9 Å². The molecule has 1 saturated heterocycles. The van der Waals surface area contributed by atoms with E-state index in [1.165, 1.54) is 9.71 Å². The summed E-state index contributed by atoms with van der Waals surface area (Å²) < 4.78 is 1.24. The lowest BCUT2D eigenvalue weighted by molar-refractivity contribution is -0.129. The van der Waals surface area contributed by atoms with E-state index in [4.69, 9.17) is 4.98 Å². The molecule has 6 nitrogen and oxygen atoms in total. The molecule has 0 unspecified atom stereocenters. The topological polar surface area (TPSA) is 74.3 Å². The monoisotopic (exact) mass is 374 g/mol. The first-order chi connectivity index (χ1) is 12.6. The summed E-state index contributed by atoms with van der Waals surface area (Å²) in [6, 6.07) is 7.75. The predicted molar refractivity (Wildman–Crippen MR) is 104 cm³/mol. The molecule has 2 heterocycles. The number of aromatic nitrogens is 1. The van der Waals surface area contributed by atoms with E-state index in [1.807, 2.05) is 19.1 Å². The van der Waals surface area contributed by atoms with Gasteiger partial charge in [-0.3, -0.25) is 14.5 Å². The van der Waals surface area contributed by atoms with Crippen molar-refractivity contribution in [2.45, 2.75) is 38.6 Å². The molecule has 2 N–H and O–H groups in total. The molecule has 3 rings (SSSR count). The van der Waals surface area contributed by atoms with Gasteiger partial charge in [0.15, 0.2) is 0 Å². The van der Waals surface area contributed by atoms with Gasteiger partial charge in [-0.2, -0.15) is 0 Å². The van der Waals surface area contributed by atoms with Crippen LogP contribution in [0, 0.1) is 0 Å². The van der Waals surface area contributed by atoms with Crippen LogP contribution in [0.1, 0.15) is 37.6 Å². The second-order valence-corrected chi connectivity index (χ2v) is 7.82. The maximum Gasteiger partial charge on any atom is 0.242 e. The standard InChI is InChI=1S/C19H26N4O2S/c1-3-20-18(25)13(2)21-17(24)12-23-10-8-14(9-11-23)19-22-15-6-4-5-7-16(15)26-19/h4-7,13-14H,3,8-12H2,1-2H3,(H,20,25)(H,21,24)/t13-/m0/s1. The number of nitrogens with zero attached hydrogens (tertiary/aromatic N) is 2. The summed E-state index contributed by atoms with van der Waals surface area (Å²) in [7, 11) is 0. The van der Waals surface area contributed by atoms with Crippen molar-refractivity contribution in [2.75, 3.05) is 26.2 Å². The minimum atomic E-state index is -0.497. The fraction of sp³-hybridized carbons (Fsp3) is 0.526. The minimum Gasteiger partial charge on any atom is -0.355 e. The maximum absolute atomic E-state index is 12.2. The smallest absolute Gasteiger partial charge is 0.242 e. The van der Waals surface area contributed by atoms with Crippen molar-refractivity contribution in [1.29, 1.82) is 0 Å². The van der Waals surface area contributed by atoms with Gasteiger partial charge in [0.05, 0.1) is 21.8 Å². The zero-order chi connectivity index (χ0) is 18.5. The second-order valence-electron chi connectivity index (χ2n) is 6.75. The molecule has 1 aliphatic rings. The van der Waals surface area contributed by atoms with E-state index in [0.717, 1.165) is 31.4 Å². The molecule has 140 valence electrons. The lowest BCUT2D eigenvalue weighted by Crippen LogP contribution is -2.48. The van der Waals surface area contributed by atoms with Gasteiger partial charge in [-0.15, -0.1) is 11.3 Å². The Hall–Kier alpha value is -1.99. The zero-order valence-corrected chi connectivity index (χ0v) is 16.1. The van der Waals surface area contributed by atoms with Gasteiger partial charge in [0.2, 0.25) is 11.8 Å². The van der Waals surface area contributed by atoms with E-state index in [9.17, 15) is 9.59 Å². The van der Waals surface area contributed by atoms with E-state index in [-0.39, 0.29) is 11.8 Å². The first-order valence-corrected chi connectivity index (χ1v) is 10.0. The maximum atomic E-state index is 12.2. The summed E-state index contributed by atoms with van der Waals surface area (Å²) in [4.78, 5) is 30.8. The molecular formula is C19H26N4O2S. The fourth-order valence-electron chi connectivity index (χ4n) is 3.29. The summed E-state index contributed by atoms with van der Waals surface area (Å²) in [6.07, 6.45) is 2.03. The molecule has 2 aromatic rings. The number of carbonyl (C=O) groups is 2. The number of rotatable bonds is 6. The third-order valence-electron chi connectivity index (χ3n) is 4.74. The van der Waals surface area contributed by atoms with Crippen molar-refractivity contribution < 1.29 is 9.59 Å². The average Bonchev–Trinajstić information content (AvgIpc) is 3.06. The Bertz CT molecular complexity index is 735. The molecule has 1 fully saturated rings. The van der Waals surface area contributed by atoms with Gasteiger partial charge in [-0.05, 0) is 51.9 Å². The molecule has 1 aromatic carbocycles. The van der Waals surface area contributed by atoms with Gasteiger partial charge in [0.1, 0.15) is 6.04 Å². The lowest BCUT2D eigenvalue weighted by Gasteiger charge is -2.30. The van der Waals surface area contributed by atoms with Crippen LogP contribution in [0.15, 0.2) is 24.3 Å². The number of para-hydroxylation sites is 1. The first-order valence-electron chi connectivity index (χ1n) is 9.21. The number of thiazole rings is 1. The van der Waals surface area contributed by atoms with E-state index in [1.54, 1.807) is 18.3 Å². The van der Waals surface area contributed by atoms with E-state index < -0.39 is 6.04 Å². The largest absolute Gasteiger partial charge is 0.355 e. The van der Waals surface area contributed by atoms with Crippen LogP contribution in [0.4, 0.5) is 0 Å². The van der Waals surface area contributed by atoms with E-state index in [0.29, 0.717) is 19.0 Å². The van der Waals surface area contributed by atoms with E-state index >= 15 is 0 Å². The summed E-state index contributed by atoms with van der Waals surface area (Å²) in [5, 5.41) is 6.69. The number of hydrogen-bond acceptors (Lipinski definition) is 5. The number of nitrogens with one attached hydrogen (secondary N) is 2. The first kappa shape index (κ1) is 18.8. The zero-order valence-electron chi connectivity index (χ0n) is 15.3. The van der Waals surface area contributed by atoms with Crippen molar-refractivity contribution in [1.82, 2.24) is 20.5 Å². The number of carbonyl (C=O) groups excluding carboxylic acids is 2. The molecule has 0 radical (unpaired) electrons. The summed E-state index contributed by atoms with van der Waals surface area (Å²) in [5.41, 5.74) is 1.08. The number of likely N-dealkylation sites (N-methyl/N-ethyl adjacent to an activating group) is 1. The van der Waals surface area contributed by atoms with Crippen molar-refractivity contribution in [3.63, 3.8) is 0 Å². The van der Waals surface area contributed by atoms with Gasteiger partial charge >= 0.3 is 0 Å². The van der Waals surface area contributed by atoms with Crippen LogP contribution in [0.5, 0.6) is 0 Å². The Morgan fingerprint density at radius 1 is 1.31 bits per heavy atom. The van der Waals surface area contributed by atoms with Gasteiger partial charge in [0, 0.05) is 12.5 Å². The van der Waals surface area contributed by atoms with Crippen LogP contribution in [0.3, 0.4) is 0 Å². The van der Waals surface area contributed by atoms with Gasteiger partial charge in [-0.25, -0.2) is 4.98 Å². The molecule has 0 aliphatic carbocycles. The molecule has 1 aromatic heterocycles. The number of fused-ring (bicyclic) bond motifs is 1. The highest BCUT2D eigenvalue weighted by atomic mass is 32.1. The van der Waals surface area contributed by atoms with Crippen LogP contribution in [0.2, 0.25) is 0 Å². The molecule has 7 heteroatoms. The van der Waals surface area contributed by atoms with Gasteiger partial charge < -0.3 is 10.6 Å². The van der Waals surface area contributed by atoms with Gasteiger partial charge in [0.25, 0.3) is 0 Å². The highest BCUT2D eigenvalue weighted by molar-refractivity contribution is 7.18. The van der Waals surface area contributed by atoms with E-state index in [2.05, 4.69) is 27.7 Å². The quantitative estimate of drug-likeness (QED) is 0.812. The number of hydrogen-bond donors (Lipinski definition) is 2. The number of piperidine rings is 1. The van der Waals surface area contributed by atoms with Crippen molar-refractivity contribution >= 4 is 33.4 Å². The number of benzene rings is 1. The van der Waals surface area contributed by atoms with Gasteiger partial charge in [-0.1, -0.05) is 12.1 Å². The number of amides is 2. The minimum absolute atomic E-state index is 0.0952. The SMILES string of the molecule is CCNC(=O)[C@H](C)NC(=O)CN1CCC(c2nc3ccccc3s2)CC1. The predicted octanol–water partition coefficient (Wildman–Crippen LogP) is 2.12. The molecule has 0 saturated carbocycles. The highest BCUT2D eigenvalue weighted by Gasteiger charge is 2.25. The van der Waals surface area contributed by atoms with Crippen LogP contribution >= 0.6 is 11.3 Å². The Balaban J connectivity index is 1.47. The molecule has 1 atom stereocenters. The third kappa shape index (κ3) is 4.59. The van der Waals surface area contributed by atoms with Crippen molar-refractivity contribution in [2.24, 2.45) is 0 Å². The second kappa shape index (κ2) is 8.60. The molecule has 0 spiro atoms. The lowest BCUT2D eigenvalue weighted by atomic mass is 9.97. The number of likely N-dealkylation sites (tertiary alicyclic amines) is 1. The Morgan fingerprint density at radius 2 is 2.04 bits per heavy atom. The van der Waals surface area contributed by atoms with Crippen LogP contribution in [-0.2, 0) is 9.59 Å². The highest BCUT2D eigenvalue weighted by Crippen LogP contribution is 2.33. The normalized spacial score (nSPS) is 17.2. The Morgan fingerprint density at radius 3 is 2.73 bits per heavy atom. The fourth-order valence-corrected chi connectivity index (χ4v) is 4.42. The molecular weight excluding hydrogens is 348 g/mol. The summed E-state index contributed by atoms with van der Waals surface area (Å²) in [5.74, 6) is 0.235. The molecule has 0 bridgehead atoms. The Labute approximate surface area is 158 Å².